The van der Waals surface area contributed by atoms with Crippen molar-refractivity contribution < 1.29 is 10.2 Å². The van der Waals surface area contributed by atoms with Gasteiger partial charge in [0, 0.05) is 5.56 Å². The largest absolute Gasteiger partial charge is 0.508 e. The van der Waals surface area contributed by atoms with Gasteiger partial charge in [-0.1, -0.05) is 19.9 Å². The molecular formula is C10H14O2. The highest BCUT2D eigenvalue weighted by Crippen LogP contribution is 2.33. The monoisotopic (exact) mass is 166 g/mol. The zero-order valence-corrected chi connectivity index (χ0v) is 7.63. The average Bonchev–Trinajstić information content (AvgIpc) is 2.00. The van der Waals surface area contributed by atoms with Gasteiger partial charge in [-0.25, -0.2) is 0 Å². The second-order valence-electron chi connectivity index (χ2n) is 3.30. The van der Waals surface area contributed by atoms with Crippen LogP contribution in [0.2, 0.25) is 0 Å². The Labute approximate surface area is 72.5 Å². The molecule has 0 fully saturated rings. The first-order chi connectivity index (χ1) is 5.54. The van der Waals surface area contributed by atoms with Gasteiger partial charge in [0.1, 0.15) is 11.5 Å². The minimum atomic E-state index is 0.150. The van der Waals surface area contributed by atoms with Crippen LogP contribution in [0.5, 0.6) is 11.5 Å². The number of phenolic OH excluding ortho intramolecular Hbond substituents is 2. The molecule has 0 saturated heterocycles. The number of aromatic hydroxyl groups is 2. The van der Waals surface area contributed by atoms with Crippen LogP contribution in [0.1, 0.15) is 30.9 Å². The predicted octanol–water partition coefficient (Wildman–Crippen LogP) is 2.53. The van der Waals surface area contributed by atoms with E-state index in [-0.39, 0.29) is 17.4 Å². The van der Waals surface area contributed by atoms with Gasteiger partial charge < -0.3 is 10.2 Å². The predicted molar refractivity (Wildman–Crippen MR) is 48.6 cm³/mol. The molecule has 0 saturated carbocycles. The third kappa shape index (κ3) is 1.37. The second kappa shape index (κ2) is 3.05. The molecule has 0 aliphatic rings. The highest BCUT2D eigenvalue weighted by molar-refractivity contribution is 5.48. The SMILES string of the molecule is Cc1c(O)ccc(C(C)C)c1O. The van der Waals surface area contributed by atoms with Gasteiger partial charge in [0.05, 0.1) is 0 Å². The molecule has 0 atom stereocenters. The summed E-state index contributed by atoms with van der Waals surface area (Å²) in [5, 5.41) is 18.8. The first-order valence-corrected chi connectivity index (χ1v) is 4.05. The lowest BCUT2D eigenvalue weighted by atomic mass is 9.99. The molecule has 0 bridgehead atoms. The summed E-state index contributed by atoms with van der Waals surface area (Å²) in [5.41, 5.74) is 1.44. The fourth-order valence-electron chi connectivity index (χ4n) is 1.18. The number of hydrogen-bond donors (Lipinski definition) is 2. The lowest BCUT2D eigenvalue weighted by Gasteiger charge is -2.10. The van der Waals surface area contributed by atoms with E-state index in [2.05, 4.69) is 0 Å². The highest BCUT2D eigenvalue weighted by Gasteiger charge is 2.10. The number of phenols is 2. The Morgan fingerprint density at radius 2 is 1.75 bits per heavy atom. The molecule has 12 heavy (non-hydrogen) atoms. The van der Waals surface area contributed by atoms with Crippen LogP contribution in [-0.4, -0.2) is 10.2 Å². The molecule has 0 spiro atoms. The molecule has 0 aliphatic carbocycles. The van der Waals surface area contributed by atoms with Crippen LogP contribution in [-0.2, 0) is 0 Å². The first-order valence-electron chi connectivity index (χ1n) is 4.05. The zero-order valence-electron chi connectivity index (χ0n) is 7.63. The van der Waals surface area contributed by atoms with E-state index in [0.717, 1.165) is 5.56 Å². The summed E-state index contributed by atoms with van der Waals surface area (Å²) >= 11 is 0. The maximum Gasteiger partial charge on any atom is 0.125 e. The normalized spacial score (nSPS) is 10.7. The minimum absolute atomic E-state index is 0.150. The van der Waals surface area contributed by atoms with Crippen molar-refractivity contribution in [3.8, 4) is 11.5 Å². The molecule has 0 aromatic heterocycles. The average molecular weight is 166 g/mol. The van der Waals surface area contributed by atoms with Crippen molar-refractivity contribution in [1.29, 1.82) is 0 Å². The van der Waals surface area contributed by atoms with E-state index in [0.29, 0.717) is 5.56 Å². The Morgan fingerprint density at radius 3 is 2.25 bits per heavy atom. The first kappa shape index (κ1) is 8.91. The van der Waals surface area contributed by atoms with Crippen molar-refractivity contribution in [2.24, 2.45) is 0 Å². The van der Waals surface area contributed by atoms with Crippen molar-refractivity contribution in [1.82, 2.24) is 0 Å². The third-order valence-corrected chi connectivity index (χ3v) is 2.06. The van der Waals surface area contributed by atoms with Crippen molar-refractivity contribution in [3.05, 3.63) is 23.3 Å². The minimum Gasteiger partial charge on any atom is -0.508 e. The Kier molecular flexibility index (Phi) is 2.27. The highest BCUT2D eigenvalue weighted by atomic mass is 16.3. The second-order valence-corrected chi connectivity index (χ2v) is 3.30. The van der Waals surface area contributed by atoms with Crippen LogP contribution in [0.4, 0.5) is 0 Å². The maximum atomic E-state index is 9.59. The van der Waals surface area contributed by atoms with Gasteiger partial charge in [0.2, 0.25) is 0 Å². The summed E-state index contributed by atoms with van der Waals surface area (Å²) < 4.78 is 0. The van der Waals surface area contributed by atoms with Gasteiger partial charge in [-0.2, -0.15) is 0 Å². The Bertz CT molecular complexity index is 290. The number of benzene rings is 1. The Hall–Kier alpha value is -1.18. The Morgan fingerprint density at radius 1 is 1.17 bits per heavy atom. The molecule has 1 rings (SSSR count). The van der Waals surface area contributed by atoms with Crippen molar-refractivity contribution in [2.45, 2.75) is 26.7 Å². The fourth-order valence-corrected chi connectivity index (χ4v) is 1.18. The van der Waals surface area contributed by atoms with Crippen molar-refractivity contribution in [2.75, 3.05) is 0 Å². The molecular weight excluding hydrogens is 152 g/mol. The fraction of sp³-hybridized carbons (Fsp3) is 0.400. The van der Waals surface area contributed by atoms with Gasteiger partial charge in [-0.15, -0.1) is 0 Å². The van der Waals surface area contributed by atoms with Gasteiger partial charge >= 0.3 is 0 Å². The van der Waals surface area contributed by atoms with E-state index in [1.54, 1.807) is 19.1 Å². The molecule has 0 unspecified atom stereocenters. The molecule has 1 aromatic carbocycles. The van der Waals surface area contributed by atoms with E-state index < -0.39 is 0 Å². The molecule has 2 heteroatoms. The summed E-state index contributed by atoms with van der Waals surface area (Å²) in [4.78, 5) is 0. The summed E-state index contributed by atoms with van der Waals surface area (Å²) in [5.74, 6) is 0.645. The third-order valence-electron chi connectivity index (χ3n) is 2.06. The van der Waals surface area contributed by atoms with Crippen LogP contribution in [0.25, 0.3) is 0 Å². The van der Waals surface area contributed by atoms with Crippen molar-refractivity contribution in [3.63, 3.8) is 0 Å². The van der Waals surface area contributed by atoms with E-state index in [1.165, 1.54) is 0 Å². The number of rotatable bonds is 1. The Balaban J connectivity index is 3.27. The molecule has 2 N–H and O–H groups in total. The maximum absolute atomic E-state index is 9.59. The standard InChI is InChI=1S/C10H14O2/c1-6(2)8-4-5-9(11)7(3)10(8)12/h4-6,11-12H,1-3H3. The summed E-state index contributed by atoms with van der Waals surface area (Å²) in [6.07, 6.45) is 0. The van der Waals surface area contributed by atoms with E-state index in [9.17, 15) is 10.2 Å². The van der Waals surface area contributed by atoms with Gasteiger partial charge in [0.15, 0.2) is 0 Å². The van der Waals surface area contributed by atoms with Gasteiger partial charge in [-0.05, 0) is 24.5 Å². The van der Waals surface area contributed by atoms with E-state index >= 15 is 0 Å². The molecule has 0 aliphatic heterocycles. The molecule has 0 heterocycles. The summed E-state index contributed by atoms with van der Waals surface area (Å²) in [6, 6.07) is 3.37. The van der Waals surface area contributed by atoms with Crippen LogP contribution in [0.15, 0.2) is 12.1 Å². The van der Waals surface area contributed by atoms with Crippen LogP contribution in [0, 0.1) is 6.92 Å². The van der Waals surface area contributed by atoms with Crippen molar-refractivity contribution >= 4 is 0 Å². The molecule has 1 aromatic rings. The van der Waals surface area contributed by atoms with Crippen LogP contribution < -0.4 is 0 Å². The number of hydrogen-bond acceptors (Lipinski definition) is 2. The van der Waals surface area contributed by atoms with Crippen LogP contribution in [0.3, 0.4) is 0 Å². The summed E-state index contributed by atoms with van der Waals surface area (Å²) in [6.45, 7) is 5.72. The quantitative estimate of drug-likeness (QED) is 0.673. The van der Waals surface area contributed by atoms with Gasteiger partial charge in [0.25, 0.3) is 0 Å². The smallest absolute Gasteiger partial charge is 0.125 e. The van der Waals surface area contributed by atoms with Gasteiger partial charge in [-0.3, -0.25) is 0 Å². The van der Waals surface area contributed by atoms with E-state index in [1.807, 2.05) is 13.8 Å². The molecule has 0 amide bonds. The molecule has 2 nitrogen and oxygen atoms in total. The summed E-state index contributed by atoms with van der Waals surface area (Å²) in [7, 11) is 0. The van der Waals surface area contributed by atoms with E-state index in [4.69, 9.17) is 0 Å². The lowest BCUT2D eigenvalue weighted by molar-refractivity contribution is 0.436. The zero-order chi connectivity index (χ0) is 9.30. The van der Waals surface area contributed by atoms with Crippen LogP contribution >= 0.6 is 0 Å². The lowest BCUT2D eigenvalue weighted by Crippen LogP contribution is -1.89. The topological polar surface area (TPSA) is 40.5 Å². The molecule has 0 radical (unpaired) electrons. The molecule has 66 valence electrons.